The van der Waals surface area contributed by atoms with Crippen molar-refractivity contribution in [3.8, 4) is 11.4 Å². The number of rotatable bonds is 4. The summed E-state index contributed by atoms with van der Waals surface area (Å²) in [6.45, 7) is 4.78. The number of piperidine rings is 1. The molecule has 174 valence electrons. The molecule has 1 aromatic heterocycles. The minimum atomic E-state index is -0.567. The van der Waals surface area contributed by atoms with Gasteiger partial charge in [0.2, 0.25) is 5.91 Å². The van der Waals surface area contributed by atoms with Gasteiger partial charge in [-0.25, -0.2) is 9.37 Å². The van der Waals surface area contributed by atoms with Crippen LogP contribution in [-0.2, 0) is 10.3 Å². The molecule has 0 spiro atoms. The zero-order valence-electron chi connectivity index (χ0n) is 19.6. The molecule has 1 unspecified atom stereocenters. The van der Waals surface area contributed by atoms with Gasteiger partial charge in [-0.1, -0.05) is 18.2 Å². The molecule has 34 heavy (non-hydrogen) atoms. The standard InChI is InChI=1S/C27H27FN4O2/c1-18-16-31(17-29-18)23-11-6-19(14-24(23)34-3)13-20-5-4-12-32-26(20)30-25(33)15-27(32,2)21-7-9-22(28)10-8-21/h6-11,13-14,16-17H,4-5,12,15H2,1-3H3/b20-13+. The molecule has 1 amide bonds. The summed E-state index contributed by atoms with van der Waals surface area (Å²) in [6, 6.07) is 12.5. The second-order valence-electron chi connectivity index (χ2n) is 9.07. The quantitative estimate of drug-likeness (QED) is 0.549. The van der Waals surface area contributed by atoms with E-state index in [1.807, 2.05) is 42.8 Å². The van der Waals surface area contributed by atoms with Crippen molar-refractivity contribution in [1.29, 1.82) is 0 Å². The Bertz CT molecular complexity index is 1310. The van der Waals surface area contributed by atoms with Crippen LogP contribution in [-0.4, -0.2) is 39.8 Å². The number of ether oxygens (including phenoxy) is 1. The highest BCUT2D eigenvalue weighted by Gasteiger charge is 2.43. The van der Waals surface area contributed by atoms with Gasteiger partial charge in [0.15, 0.2) is 0 Å². The van der Waals surface area contributed by atoms with Crippen molar-refractivity contribution in [3.63, 3.8) is 0 Å². The molecule has 2 aliphatic heterocycles. The van der Waals surface area contributed by atoms with Crippen LogP contribution in [0.15, 0.2) is 65.6 Å². The number of nitrogens with zero attached hydrogens (tertiary/aromatic N) is 4. The molecule has 1 atom stereocenters. The summed E-state index contributed by atoms with van der Waals surface area (Å²) in [4.78, 5) is 23.7. The van der Waals surface area contributed by atoms with Crippen LogP contribution in [0.1, 0.15) is 43.0 Å². The Balaban J connectivity index is 1.52. The number of imidazole rings is 1. The van der Waals surface area contributed by atoms with Gasteiger partial charge in [0.05, 0.1) is 36.8 Å². The third kappa shape index (κ3) is 3.91. The largest absolute Gasteiger partial charge is 0.495 e. The molecule has 0 bridgehead atoms. The highest BCUT2D eigenvalue weighted by Crippen LogP contribution is 2.40. The number of amidine groups is 1. The Labute approximate surface area is 198 Å². The summed E-state index contributed by atoms with van der Waals surface area (Å²) in [5.74, 6) is 1.000. The van der Waals surface area contributed by atoms with Crippen molar-refractivity contribution < 1.29 is 13.9 Å². The van der Waals surface area contributed by atoms with Crippen molar-refractivity contribution in [2.75, 3.05) is 13.7 Å². The molecule has 7 heteroatoms. The maximum atomic E-state index is 13.6. The van der Waals surface area contributed by atoms with Crippen LogP contribution in [0.4, 0.5) is 4.39 Å². The lowest BCUT2D eigenvalue weighted by Crippen LogP contribution is -2.54. The number of carbonyl (C=O) groups excluding carboxylic acids is 1. The fourth-order valence-electron chi connectivity index (χ4n) is 4.93. The number of halogens is 1. The van der Waals surface area contributed by atoms with Gasteiger partial charge < -0.3 is 14.2 Å². The number of aryl methyl sites for hydroxylation is 1. The van der Waals surface area contributed by atoms with Crippen molar-refractivity contribution >= 4 is 17.8 Å². The van der Waals surface area contributed by atoms with Gasteiger partial charge in [0.25, 0.3) is 0 Å². The Morgan fingerprint density at radius 2 is 1.97 bits per heavy atom. The molecule has 2 aliphatic rings. The van der Waals surface area contributed by atoms with Crippen LogP contribution < -0.4 is 4.74 Å². The minimum Gasteiger partial charge on any atom is -0.495 e. The SMILES string of the molecule is COc1cc(/C=C2\CCCN3C2=NC(=O)CC3(C)c2ccc(F)cc2)ccc1-n1cnc(C)c1. The average Bonchev–Trinajstić information content (AvgIpc) is 3.26. The van der Waals surface area contributed by atoms with Crippen LogP contribution in [0.3, 0.4) is 0 Å². The number of fused-ring (bicyclic) bond motifs is 1. The zero-order chi connectivity index (χ0) is 23.9. The van der Waals surface area contributed by atoms with Crippen LogP contribution in [0.25, 0.3) is 11.8 Å². The van der Waals surface area contributed by atoms with Crippen LogP contribution in [0.2, 0.25) is 0 Å². The fourth-order valence-corrected chi connectivity index (χ4v) is 4.93. The number of hydrogen-bond donors (Lipinski definition) is 0. The van der Waals surface area contributed by atoms with E-state index >= 15 is 0 Å². The highest BCUT2D eigenvalue weighted by molar-refractivity contribution is 6.10. The van der Waals surface area contributed by atoms with Crippen LogP contribution in [0, 0.1) is 12.7 Å². The molecular formula is C27H27FN4O2. The zero-order valence-corrected chi connectivity index (χ0v) is 19.6. The lowest BCUT2D eigenvalue weighted by molar-refractivity contribution is -0.121. The fraction of sp³-hybridized carbons (Fsp3) is 0.296. The van der Waals surface area contributed by atoms with Gasteiger partial charge in [0, 0.05) is 12.7 Å². The van der Waals surface area contributed by atoms with E-state index in [1.165, 1.54) is 12.1 Å². The lowest BCUT2D eigenvalue weighted by Gasteiger charge is -2.48. The van der Waals surface area contributed by atoms with E-state index in [2.05, 4.69) is 21.0 Å². The minimum absolute atomic E-state index is 0.158. The molecule has 0 radical (unpaired) electrons. The highest BCUT2D eigenvalue weighted by atomic mass is 19.1. The smallest absolute Gasteiger partial charge is 0.250 e. The maximum absolute atomic E-state index is 13.6. The summed E-state index contributed by atoms with van der Waals surface area (Å²) < 4.78 is 21.2. The van der Waals surface area contributed by atoms with Gasteiger partial charge in [-0.15, -0.1) is 0 Å². The summed E-state index contributed by atoms with van der Waals surface area (Å²) >= 11 is 0. The molecule has 2 aromatic carbocycles. The number of methoxy groups -OCH3 is 1. The second kappa shape index (κ2) is 8.56. The molecule has 0 N–H and O–H groups in total. The number of aliphatic imine (C=N–C) groups is 1. The molecule has 6 nitrogen and oxygen atoms in total. The summed E-state index contributed by atoms with van der Waals surface area (Å²) in [7, 11) is 1.65. The first-order chi connectivity index (χ1) is 16.4. The normalized spacial score (nSPS) is 21.4. The van der Waals surface area contributed by atoms with Crippen molar-refractivity contribution in [2.45, 2.75) is 38.6 Å². The average molecular weight is 459 g/mol. The monoisotopic (exact) mass is 458 g/mol. The van der Waals surface area contributed by atoms with Gasteiger partial charge in [0.1, 0.15) is 17.4 Å². The van der Waals surface area contributed by atoms with E-state index in [1.54, 1.807) is 25.6 Å². The first-order valence-electron chi connectivity index (χ1n) is 11.4. The number of carbonyl (C=O) groups is 1. The van der Waals surface area contributed by atoms with E-state index in [0.717, 1.165) is 53.2 Å². The van der Waals surface area contributed by atoms with E-state index in [-0.39, 0.29) is 18.1 Å². The molecule has 1 fully saturated rings. The number of amides is 1. The summed E-state index contributed by atoms with van der Waals surface area (Å²) in [5, 5.41) is 0. The molecule has 3 aromatic rings. The van der Waals surface area contributed by atoms with Gasteiger partial charge >= 0.3 is 0 Å². The van der Waals surface area contributed by atoms with E-state index in [4.69, 9.17) is 4.74 Å². The first-order valence-corrected chi connectivity index (χ1v) is 11.4. The Morgan fingerprint density at radius 1 is 1.18 bits per heavy atom. The Kier molecular flexibility index (Phi) is 5.55. The molecule has 0 aliphatic carbocycles. The van der Waals surface area contributed by atoms with Crippen molar-refractivity contribution in [1.82, 2.24) is 14.5 Å². The van der Waals surface area contributed by atoms with Crippen molar-refractivity contribution in [2.24, 2.45) is 4.99 Å². The van der Waals surface area contributed by atoms with E-state index < -0.39 is 5.54 Å². The Morgan fingerprint density at radius 3 is 2.68 bits per heavy atom. The van der Waals surface area contributed by atoms with Gasteiger partial charge in [-0.3, -0.25) is 4.79 Å². The van der Waals surface area contributed by atoms with Crippen molar-refractivity contribution in [3.05, 3.63) is 83.2 Å². The van der Waals surface area contributed by atoms with Crippen LogP contribution in [0.5, 0.6) is 5.75 Å². The molecule has 1 saturated heterocycles. The predicted octanol–water partition coefficient (Wildman–Crippen LogP) is 5.05. The number of aromatic nitrogens is 2. The third-order valence-electron chi connectivity index (χ3n) is 6.69. The van der Waals surface area contributed by atoms with E-state index in [0.29, 0.717) is 5.84 Å². The predicted molar refractivity (Wildman–Crippen MR) is 130 cm³/mol. The maximum Gasteiger partial charge on any atom is 0.250 e. The lowest BCUT2D eigenvalue weighted by atomic mass is 9.82. The van der Waals surface area contributed by atoms with E-state index in [9.17, 15) is 9.18 Å². The summed E-state index contributed by atoms with van der Waals surface area (Å²) in [5.41, 5.74) is 4.17. The molecule has 3 heterocycles. The Hall–Kier alpha value is -3.74. The molecule has 0 saturated carbocycles. The number of hydrogen-bond acceptors (Lipinski definition) is 4. The number of benzene rings is 2. The second-order valence-corrected chi connectivity index (χ2v) is 9.07. The van der Waals surface area contributed by atoms with Gasteiger partial charge in [-0.2, -0.15) is 4.99 Å². The van der Waals surface area contributed by atoms with Gasteiger partial charge in [-0.05, 0) is 73.7 Å². The summed E-state index contributed by atoms with van der Waals surface area (Å²) in [6.07, 6.45) is 7.84. The molecular weight excluding hydrogens is 431 g/mol. The molecule has 5 rings (SSSR count). The topological polar surface area (TPSA) is 59.7 Å². The van der Waals surface area contributed by atoms with Crippen LogP contribution >= 0.6 is 0 Å². The first kappa shape index (κ1) is 22.1. The third-order valence-corrected chi connectivity index (χ3v) is 6.69.